The van der Waals surface area contributed by atoms with E-state index in [2.05, 4.69) is 5.32 Å². The third-order valence-corrected chi connectivity index (χ3v) is 3.26. The molecule has 0 saturated carbocycles. The van der Waals surface area contributed by atoms with E-state index in [1.807, 2.05) is 30.3 Å². The zero-order chi connectivity index (χ0) is 17.4. The van der Waals surface area contributed by atoms with Gasteiger partial charge >= 0.3 is 6.03 Å². The molecule has 0 unspecified atom stereocenters. The van der Waals surface area contributed by atoms with Gasteiger partial charge in [-0.3, -0.25) is 4.79 Å². The van der Waals surface area contributed by atoms with E-state index in [0.29, 0.717) is 30.9 Å². The number of para-hydroxylation sites is 1. The monoisotopic (exact) mass is 327 g/mol. The van der Waals surface area contributed by atoms with E-state index in [0.717, 1.165) is 10.6 Å². The standard InChI is InChI=1S/C18H21N3O3/c1-14(22)21(16-8-5-7-15(19)13-16)18(23)20-11-6-12-24-17-9-3-2-4-10-17/h2-5,7-10,13H,6,11-12,19H2,1H3,(H,20,23). The number of carbonyl (C=O) groups excluding carboxylic acids is 2. The van der Waals surface area contributed by atoms with E-state index in [1.54, 1.807) is 24.3 Å². The van der Waals surface area contributed by atoms with Crippen LogP contribution >= 0.6 is 0 Å². The second-order valence-electron chi connectivity index (χ2n) is 5.20. The molecule has 0 radical (unpaired) electrons. The Morgan fingerprint density at radius 3 is 2.54 bits per heavy atom. The molecule has 2 aromatic rings. The third kappa shape index (κ3) is 5.01. The van der Waals surface area contributed by atoms with Gasteiger partial charge < -0.3 is 15.8 Å². The summed E-state index contributed by atoms with van der Waals surface area (Å²) in [6, 6.07) is 15.6. The quantitative estimate of drug-likeness (QED) is 0.631. The van der Waals surface area contributed by atoms with E-state index < -0.39 is 6.03 Å². The number of amides is 3. The lowest BCUT2D eigenvalue weighted by Gasteiger charge is -2.20. The van der Waals surface area contributed by atoms with Crippen molar-refractivity contribution in [1.29, 1.82) is 0 Å². The lowest BCUT2D eigenvalue weighted by molar-refractivity contribution is -0.115. The van der Waals surface area contributed by atoms with Gasteiger partial charge in [0.15, 0.2) is 0 Å². The van der Waals surface area contributed by atoms with Gasteiger partial charge in [0.25, 0.3) is 0 Å². The Kier molecular flexibility index (Phi) is 6.19. The summed E-state index contributed by atoms with van der Waals surface area (Å²) in [4.78, 5) is 25.1. The van der Waals surface area contributed by atoms with Crippen molar-refractivity contribution in [1.82, 2.24) is 5.32 Å². The van der Waals surface area contributed by atoms with Crippen LogP contribution < -0.4 is 20.7 Å². The molecule has 24 heavy (non-hydrogen) atoms. The molecule has 0 aromatic heterocycles. The van der Waals surface area contributed by atoms with Crippen LogP contribution in [-0.4, -0.2) is 25.1 Å². The highest BCUT2D eigenvalue weighted by Gasteiger charge is 2.19. The van der Waals surface area contributed by atoms with E-state index in [4.69, 9.17) is 10.5 Å². The van der Waals surface area contributed by atoms with Crippen molar-refractivity contribution in [2.45, 2.75) is 13.3 Å². The minimum Gasteiger partial charge on any atom is -0.494 e. The van der Waals surface area contributed by atoms with Crippen LogP contribution in [0.3, 0.4) is 0 Å². The number of imide groups is 1. The first-order valence-corrected chi connectivity index (χ1v) is 7.70. The van der Waals surface area contributed by atoms with Gasteiger partial charge in [-0.25, -0.2) is 9.69 Å². The highest BCUT2D eigenvalue weighted by atomic mass is 16.5. The third-order valence-electron chi connectivity index (χ3n) is 3.26. The van der Waals surface area contributed by atoms with Gasteiger partial charge in [-0.15, -0.1) is 0 Å². The number of carbonyl (C=O) groups is 2. The minimum absolute atomic E-state index is 0.376. The van der Waals surface area contributed by atoms with Gasteiger partial charge in [0, 0.05) is 19.2 Å². The first-order valence-electron chi connectivity index (χ1n) is 7.70. The summed E-state index contributed by atoms with van der Waals surface area (Å²) in [6.45, 7) is 2.21. The van der Waals surface area contributed by atoms with Crippen molar-refractivity contribution in [2.75, 3.05) is 23.8 Å². The highest BCUT2D eigenvalue weighted by Crippen LogP contribution is 2.18. The summed E-state index contributed by atoms with van der Waals surface area (Å²) >= 11 is 0. The molecule has 0 spiro atoms. The second-order valence-corrected chi connectivity index (χ2v) is 5.20. The van der Waals surface area contributed by atoms with Gasteiger partial charge in [0.2, 0.25) is 5.91 Å². The zero-order valence-electron chi connectivity index (χ0n) is 13.6. The predicted octanol–water partition coefficient (Wildman–Crippen LogP) is 2.80. The van der Waals surface area contributed by atoms with Crippen LogP contribution in [0.5, 0.6) is 5.75 Å². The second kappa shape index (κ2) is 8.57. The van der Waals surface area contributed by atoms with Crippen LogP contribution in [0.15, 0.2) is 54.6 Å². The molecule has 2 aromatic carbocycles. The number of ether oxygens (including phenoxy) is 1. The molecule has 2 rings (SSSR count). The normalized spacial score (nSPS) is 10.0. The van der Waals surface area contributed by atoms with Gasteiger partial charge in [-0.1, -0.05) is 24.3 Å². The van der Waals surface area contributed by atoms with Crippen LogP contribution in [0.1, 0.15) is 13.3 Å². The first kappa shape index (κ1) is 17.3. The van der Waals surface area contributed by atoms with E-state index in [1.165, 1.54) is 6.92 Å². The largest absolute Gasteiger partial charge is 0.494 e. The number of hydrogen-bond donors (Lipinski definition) is 2. The average Bonchev–Trinajstić information content (AvgIpc) is 2.55. The Bertz CT molecular complexity index is 689. The Hall–Kier alpha value is -3.02. The van der Waals surface area contributed by atoms with Crippen molar-refractivity contribution >= 4 is 23.3 Å². The highest BCUT2D eigenvalue weighted by molar-refractivity contribution is 6.13. The van der Waals surface area contributed by atoms with Gasteiger partial charge in [0.05, 0.1) is 12.3 Å². The summed E-state index contributed by atoms with van der Waals surface area (Å²) in [6.07, 6.45) is 0.628. The summed E-state index contributed by atoms with van der Waals surface area (Å²) in [5.41, 5.74) is 6.64. The van der Waals surface area contributed by atoms with Gasteiger partial charge in [-0.2, -0.15) is 0 Å². The Labute approximate surface area is 141 Å². The maximum absolute atomic E-state index is 12.2. The molecule has 0 aliphatic heterocycles. The fraction of sp³-hybridized carbons (Fsp3) is 0.222. The molecule has 3 amide bonds. The zero-order valence-corrected chi connectivity index (χ0v) is 13.6. The average molecular weight is 327 g/mol. The fourth-order valence-corrected chi connectivity index (χ4v) is 2.16. The molecular weight excluding hydrogens is 306 g/mol. The van der Waals surface area contributed by atoms with Crippen molar-refractivity contribution < 1.29 is 14.3 Å². The lowest BCUT2D eigenvalue weighted by Crippen LogP contribution is -2.43. The Morgan fingerprint density at radius 1 is 1.12 bits per heavy atom. The van der Waals surface area contributed by atoms with Crippen LogP contribution in [0.4, 0.5) is 16.2 Å². The number of anilines is 2. The number of hydrogen-bond acceptors (Lipinski definition) is 4. The van der Waals surface area contributed by atoms with Crippen molar-refractivity contribution in [3.05, 3.63) is 54.6 Å². The smallest absolute Gasteiger partial charge is 0.328 e. The Morgan fingerprint density at radius 2 is 1.88 bits per heavy atom. The van der Waals surface area contributed by atoms with E-state index in [9.17, 15) is 9.59 Å². The summed E-state index contributed by atoms with van der Waals surface area (Å²) in [7, 11) is 0. The van der Waals surface area contributed by atoms with Gasteiger partial charge in [-0.05, 0) is 36.8 Å². The molecule has 6 nitrogen and oxygen atoms in total. The van der Waals surface area contributed by atoms with Crippen molar-refractivity contribution in [2.24, 2.45) is 0 Å². The number of nitrogens with two attached hydrogens (primary N) is 1. The molecular formula is C18H21N3O3. The first-order chi connectivity index (χ1) is 11.6. The van der Waals surface area contributed by atoms with Gasteiger partial charge in [0.1, 0.15) is 5.75 Å². The van der Waals surface area contributed by atoms with Crippen LogP contribution in [0.25, 0.3) is 0 Å². The molecule has 0 bridgehead atoms. The summed E-state index contributed by atoms with van der Waals surface area (Å²) in [5, 5.41) is 2.71. The lowest BCUT2D eigenvalue weighted by atomic mass is 10.2. The molecule has 0 aliphatic rings. The fourth-order valence-electron chi connectivity index (χ4n) is 2.16. The molecule has 0 heterocycles. The summed E-state index contributed by atoms with van der Waals surface area (Å²) < 4.78 is 5.55. The van der Waals surface area contributed by atoms with E-state index >= 15 is 0 Å². The predicted molar refractivity (Wildman–Crippen MR) is 94.0 cm³/mol. The molecule has 0 atom stereocenters. The number of nitrogen functional groups attached to an aromatic ring is 1. The number of urea groups is 1. The molecule has 3 N–H and O–H groups in total. The molecule has 0 aliphatic carbocycles. The van der Waals surface area contributed by atoms with Crippen LogP contribution in [0, 0.1) is 0 Å². The van der Waals surface area contributed by atoms with Crippen LogP contribution in [-0.2, 0) is 4.79 Å². The number of rotatable bonds is 6. The minimum atomic E-state index is -0.479. The SMILES string of the molecule is CC(=O)N(C(=O)NCCCOc1ccccc1)c1cccc(N)c1. The number of nitrogens with one attached hydrogen (secondary N) is 1. The molecule has 0 fully saturated rings. The van der Waals surface area contributed by atoms with Crippen molar-refractivity contribution in [3.8, 4) is 5.75 Å². The maximum Gasteiger partial charge on any atom is 0.328 e. The molecule has 6 heteroatoms. The van der Waals surface area contributed by atoms with Crippen LogP contribution in [0.2, 0.25) is 0 Å². The topological polar surface area (TPSA) is 84.7 Å². The number of nitrogens with zero attached hydrogens (tertiary/aromatic N) is 1. The number of benzene rings is 2. The molecule has 126 valence electrons. The van der Waals surface area contributed by atoms with E-state index in [-0.39, 0.29) is 5.91 Å². The molecule has 0 saturated heterocycles. The Balaban J connectivity index is 1.82. The summed E-state index contributed by atoms with van der Waals surface area (Å²) in [5.74, 6) is 0.410. The van der Waals surface area contributed by atoms with Crippen molar-refractivity contribution in [3.63, 3.8) is 0 Å². The maximum atomic E-state index is 12.2.